The number of sulfone groups is 1. The Hall–Kier alpha value is -3.31. The lowest BCUT2D eigenvalue weighted by molar-refractivity contribution is -0.274. The Bertz CT molecular complexity index is 1340. The van der Waals surface area contributed by atoms with Gasteiger partial charge in [0.2, 0.25) is 0 Å². The largest absolute Gasteiger partial charge is 0.573 e. The number of aliphatic hydroxyl groups is 1. The van der Waals surface area contributed by atoms with E-state index in [1.807, 2.05) is 0 Å². The van der Waals surface area contributed by atoms with Crippen LogP contribution in [-0.2, 0) is 9.84 Å². The van der Waals surface area contributed by atoms with Gasteiger partial charge in [0, 0.05) is 18.5 Å². The van der Waals surface area contributed by atoms with E-state index in [1.165, 1.54) is 61.0 Å². The SMILES string of the molecule is CC(C)(O)COc1ccc(-n2ccc(-c3ccc(OC(F)(F)F)cc3)cc2=O)cc1S(C)(=O)=O. The zero-order valence-corrected chi connectivity index (χ0v) is 19.3. The Balaban J connectivity index is 1.93. The summed E-state index contributed by atoms with van der Waals surface area (Å²) >= 11 is 0. The molecule has 2 aromatic carbocycles. The normalized spacial score (nSPS) is 12.4. The molecule has 0 amide bonds. The van der Waals surface area contributed by atoms with Gasteiger partial charge in [-0.2, -0.15) is 0 Å². The molecule has 0 unspecified atom stereocenters. The van der Waals surface area contributed by atoms with Gasteiger partial charge in [0.15, 0.2) is 9.84 Å². The molecule has 1 N–H and O–H groups in total. The molecule has 3 rings (SSSR count). The quantitative estimate of drug-likeness (QED) is 0.531. The van der Waals surface area contributed by atoms with Crippen molar-refractivity contribution in [2.24, 2.45) is 0 Å². The third-order valence-electron chi connectivity index (χ3n) is 4.53. The van der Waals surface area contributed by atoms with Crippen LogP contribution >= 0.6 is 0 Å². The zero-order valence-electron chi connectivity index (χ0n) is 18.5. The first-order valence-corrected chi connectivity index (χ1v) is 11.8. The van der Waals surface area contributed by atoms with Gasteiger partial charge >= 0.3 is 6.36 Å². The smallest absolute Gasteiger partial charge is 0.489 e. The van der Waals surface area contributed by atoms with Crippen molar-refractivity contribution < 1.29 is 36.2 Å². The van der Waals surface area contributed by atoms with Gasteiger partial charge in [-0.1, -0.05) is 12.1 Å². The average molecular weight is 497 g/mol. The molecule has 1 aromatic heterocycles. The lowest BCUT2D eigenvalue weighted by Crippen LogP contribution is -2.28. The number of halogens is 3. The summed E-state index contributed by atoms with van der Waals surface area (Å²) in [7, 11) is -3.73. The molecule has 0 aliphatic rings. The predicted molar refractivity (Wildman–Crippen MR) is 119 cm³/mol. The molecule has 0 saturated carbocycles. The lowest BCUT2D eigenvalue weighted by atomic mass is 10.1. The highest BCUT2D eigenvalue weighted by Crippen LogP contribution is 2.29. The van der Waals surface area contributed by atoms with Crippen molar-refractivity contribution in [3.63, 3.8) is 0 Å². The van der Waals surface area contributed by atoms with Gasteiger partial charge in [-0.25, -0.2) is 8.42 Å². The predicted octanol–water partition coefficient (Wildman–Crippen LogP) is 3.96. The van der Waals surface area contributed by atoms with Crippen LogP contribution in [0, 0.1) is 0 Å². The molecular weight excluding hydrogens is 475 g/mol. The van der Waals surface area contributed by atoms with Crippen LogP contribution in [0.4, 0.5) is 13.2 Å². The number of pyridine rings is 1. The Kier molecular flexibility index (Phi) is 6.81. The van der Waals surface area contributed by atoms with E-state index in [2.05, 4.69) is 4.74 Å². The van der Waals surface area contributed by atoms with Crippen molar-refractivity contribution in [3.8, 4) is 28.3 Å². The van der Waals surface area contributed by atoms with Crippen molar-refractivity contribution in [2.45, 2.75) is 30.7 Å². The fraction of sp³-hybridized carbons (Fsp3) is 0.261. The number of hydrogen-bond acceptors (Lipinski definition) is 6. The van der Waals surface area contributed by atoms with Gasteiger partial charge in [-0.3, -0.25) is 9.36 Å². The number of nitrogens with zero attached hydrogens (tertiary/aromatic N) is 1. The molecular formula is C23H22F3NO6S. The van der Waals surface area contributed by atoms with E-state index in [-0.39, 0.29) is 28.7 Å². The van der Waals surface area contributed by atoms with Crippen LogP contribution in [0.5, 0.6) is 11.5 Å². The number of alkyl halides is 3. The third kappa shape index (κ3) is 6.61. The fourth-order valence-electron chi connectivity index (χ4n) is 3.03. The minimum atomic E-state index is -4.80. The maximum absolute atomic E-state index is 12.7. The Morgan fingerprint density at radius 1 is 0.971 bits per heavy atom. The van der Waals surface area contributed by atoms with Crippen molar-refractivity contribution in [2.75, 3.05) is 12.9 Å². The van der Waals surface area contributed by atoms with E-state index in [0.717, 1.165) is 18.4 Å². The molecule has 7 nitrogen and oxygen atoms in total. The molecule has 0 bridgehead atoms. The highest BCUT2D eigenvalue weighted by atomic mass is 32.2. The number of ether oxygens (including phenoxy) is 2. The van der Waals surface area contributed by atoms with Crippen molar-refractivity contribution in [1.82, 2.24) is 4.57 Å². The van der Waals surface area contributed by atoms with Gasteiger partial charge in [0.05, 0.1) is 11.3 Å². The minimum absolute atomic E-state index is 0.0409. The third-order valence-corrected chi connectivity index (χ3v) is 5.64. The van der Waals surface area contributed by atoms with Gasteiger partial charge in [-0.15, -0.1) is 13.2 Å². The molecule has 0 atom stereocenters. The monoisotopic (exact) mass is 497 g/mol. The molecule has 0 aliphatic carbocycles. The summed E-state index contributed by atoms with van der Waals surface area (Å²) in [5, 5.41) is 9.85. The van der Waals surface area contributed by atoms with E-state index in [9.17, 15) is 31.5 Å². The van der Waals surface area contributed by atoms with Crippen LogP contribution < -0.4 is 15.0 Å². The summed E-state index contributed by atoms with van der Waals surface area (Å²) < 4.78 is 72.1. The number of aromatic nitrogens is 1. The summed E-state index contributed by atoms with van der Waals surface area (Å²) in [5.41, 5.74) is -0.462. The van der Waals surface area contributed by atoms with E-state index < -0.39 is 27.4 Å². The maximum atomic E-state index is 12.7. The van der Waals surface area contributed by atoms with E-state index in [4.69, 9.17) is 4.74 Å². The lowest BCUT2D eigenvalue weighted by Gasteiger charge is -2.19. The Morgan fingerprint density at radius 3 is 2.15 bits per heavy atom. The maximum Gasteiger partial charge on any atom is 0.573 e. The second kappa shape index (κ2) is 9.15. The first-order chi connectivity index (χ1) is 15.6. The average Bonchev–Trinajstić information content (AvgIpc) is 2.70. The highest BCUT2D eigenvalue weighted by molar-refractivity contribution is 7.90. The van der Waals surface area contributed by atoms with Crippen molar-refractivity contribution in [3.05, 3.63) is 71.1 Å². The summed E-state index contributed by atoms with van der Waals surface area (Å²) in [6, 6.07) is 12.1. The number of rotatable bonds is 7. The fourth-order valence-corrected chi connectivity index (χ4v) is 3.86. The molecule has 0 saturated heterocycles. The van der Waals surface area contributed by atoms with Crippen LogP contribution in [-0.4, -0.2) is 42.9 Å². The second-order valence-corrected chi connectivity index (χ2v) is 10.2. The minimum Gasteiger partial charge on any atom is -0.489 e. The van der Waals surface area contributed by atoms with Crippen LogP contribution in [0.2, 0.25) is 0 Å². The first kappa shape index (κ1) is 25.3. The summed E-state index contributed by atoms with van der Waals surface area (Å²) in [6.07, 6.45) is -2.38. The zero-order chi connectivity index (χ0) is 25.3. The first-order valence-electron chi connectivity index (χ1n) is 9.91. The van der Waals surface area contributed by atoms with Gasteiger partial charge in [-0.05, 0) is 61.4 Å². The molecule has 11 heteroatoms. The number of hydrogen-bond donors (Lipinski definition) is 1. The van der Waals surface area contributed by atoms with Gasteiger partial charge < -0.3 is 14.6 Å². The van der Waals surface area contributed by atoms with E-state index in [0.29, 0.717) is 11.1 Å². The standard InChI is InChI=1S/C23H22F3NO6S/c1-22(2,29)14-32-19-9-6-17(13-20(19)34(3,30)31)27-11-10-16(12-21(27)28)15-4-7-18(8-5-15)33-23(24,25)26/h4-13,29H,14H2,1-3H3. The molecule has 1 heterocycles. The molecule has 34 heavy (non-hydrogen) atoms. The van der Waals surface area contributed by atoms with Crippen molar-refractivity contribution >= 4 is 9.84 Å². The summed E-state index contributed by atoms with van der Waals surface area (Å²) in [6.45, 7) is 2.88. The summed E-state index contributed by atoms with van der Waals surface area (Å²) in [4.78, 5) is 12.6. The van der Waals surface area contributed by atoms with E-state index >= 15 is 0 Å². The summed E-state index contributed by atoms with van der Waals surface area (Å²) in [5.74, 6) is -0.344. The molecule has 0 fully saturated rings. The Morgan fingerprint density at radius 2 is 1.62 bits per heavy atom. The molecule has 3 aromatic rings. The highest BCUT2D eigenvalue weighted by Gasteiger charge is 2.31. The molecule has 0 aliphatic heterocycles. The van der Waals surface area contributed by atoms with Crippen molar-refractivity contribution in [1.29, 1.82) is 0 Å². The van der Waals surface area contributed by atoms with Crippen LogP contribution in [0.3, 0.4) is 0 Å². The Labute approximate surface area is 193 Å². The topological polar surface area (TPSA) is 94.8 Å². The second-order valence-electron chi connectivity index (χ2n) is 8.20. The van der Waals surface area contributed by atoms with Crippen LogP contribution in [0.15, 0.2) is 70.5 Å². The van der Waals surface area contributed by atoms with Gasteiger partial charge in [0.25, 0.3) is 5.56 Å². The molecule has 0 spiro atoms. The number of benzene rings is 2. The van der Waals surface area contributed by atoms with E-state index in [1.54, 1.807) is 6.07 Å². The molecule has 0 radical (unpaired) electrons. The van der Waals surface area contributed by atoms with Crippen LogP contribution in [0.25, 0.3) is 16.8 Å². The van der Waals surface area contributed by atoms with Crippen LogP contribution in [0.1, 0.15) is 13.8 Å². The van der Waals surface area contributed by atoms with Gasteiger partial charge in [0.1, 0.15) is 23.0 Å². The molecule has 182 valence electrons.